The average molecular weight is 623 g/mol. The summed E-state index contributed by atoms with van der Waals surface area (Å²) in [6.45, 7) is 18.3. The maximum atomic E-state index is 11.4. The maximum absolute atomic E-state index is 11.4. The molecular weight excluding hydrogens is 568 g/mol. The highest BCUT2D eigenvalue weighted by molar-refractivity contribution is 6.74. The lowest BCUT2D eigenvalue weighted by Crippen LogP contribution is -2.46. The van der Waals surface area contributed by atoms with Crippen LogP contribution in [0, 0.1) is 11.8 Å². The Kier molecular flexibility index (Phi) is 12.2. The predicted molar refractivity (Wildman–Crippen MR) is 178 cm³/mol. The van der Waals surface area contributed by atoms with Crippen molar-refractivity contribution in [3.05, 3.63) is 83.9 Å². The first-order valence-corrected chi connectivity index (χ1v) is 19.3. The molecule has 8 atom stereocenters. The van der Waals surface area contributed by atoms with Gasteiger partial charge in [0.15, 0.2) is 20.9 Å². The van der Waals surface area contributed by atoms with Crippen molar-refractivity contribution >= 4 is 14.6 Å². The van der Waals surface area contributed by atoms with Crippen LogP contribution < -0.4 is 0 Å². The van der Waals surface area contributed by atoms with E-state index >= 15 is 0 Å². The highest BCUT2D eigenvalue weighted by atomic mass is 28.4. The van der Waals surface area contributed by atoms with Crippen molar-refractivity contribution in [2.24, 2.45) is 11.8 Å². The van der Waals surface area contributed by atoms with Gasteiger partial charge in [-0.15, -0.1) is 0 Å². The molecule has 0 radical (unpaired) electrons. The minimum Gasteiger partial charge on any atom is -0.413 e. The van der Waals surface area contributed by atoms with Gasteiger partial charge in [-0.05, 0) is 30.0 Å². The van der Waals surface area contributed by atoms with Crippen LogP contribution in [-0.2, 0) is 28.2 Å². The van der Waals surface area contributed by atoms with Crippen LogP contribution in [0.15, 0.2) is 72.8 Å². The molecule has 2 saturated heterocycles. The van der Waals surface area contributed by atoms with Gasteiger partial charge in [-0.25, -0.2) is 0 Å². The van der Waals surface area contributed by atoms with Gasteiger partial charge in [-0.1, -0.05) is 114 Å². The standard InChI is InChI=1S/C37H54O6Si/c1-26(2)34(43-44(7,8)37(4,5)6)27(3)19-20-30-23-32(41-35(39-30)28-15-11-9-12-16-28)25-33-24-31(21-22-38)40-36(42-33)29-17-13-10-14-18-29/h9-20,22,26-27,30-36H,21,23-25H2,1-8H3/t27-,30-,31-,32-,33-,34-,35-,36-/m0/s1. The van der Waals surface area contributed by atoms with Crippen LogP contribution in [0.4, 0.5) is 0 Å². The maximum Gasteiger partial charge on any atom is 0.192 e. The van der Waals surface area contributed by atoms with E-state index in [0.29, 0.717) is 25.2 Å². The van der Waals surface area contributed by atoms with E-state index in [1.165, 1.54) is 0 Å². The van der Waals surface area contributed by atoms with Crippen LogP contribution in [0.3, 0.4) is 0 Å². The first kappa shape index (κ1) is 34.7. The fourth-order valence-corrected chi connectivity index (χ4v) is 7.33. The van der Waals surface area contributed by atoms with E-state index < -0.39 is 20.9 Å². The molecule has 0 aromatic heterocycles. The van der Waals surface area contributed by atoms with Gasteiger partial charge in [0.1, 0.15) is 6.29 Å². The Morgan fingerprint density at radius 1 is 0.818 bits per heavy atom. The topological polar surface area (TPSA) is 63.2 Å². The Morgan fingerprint density at radius 2 is 1.34 bits per heavy atom. The molecule has 0 saturated carbocycles. The van der Waals surface area contributed by atoms with Crippen molar-refractivity contribution in [1.29, 1.82) is 0 Å². The molecule has 0 N–H and O–H groups in total. The molecule has 242 valence electrons. The third-order valence-corrected chi connectivity index (χ3v) is 13.8. The van der Waals surface area contributed by atoms with Crippen LogP contribution >= 0.6 is 0 Å². The second-order valence-corrected chi connectivity index (χ2v) is 19.1. The molecule has 0 bridgehead atoms. The van der Waals surface area contributed by atoms with Gasteiger partial charge < -0.3 is 28.2 Å². The number of ether oxygens (including phenoxy) is 4. The fourth-order valence-electron chi connectivity index (χ4n) is 5.81. The van der Waals surface area contributed by atoms with E-state index in [2.05, 4.69) is 78.9 Å². The Bertz CT molecular complexity index is 1180. The summed E-state index contributed by atoms with van der Waals surface area (Å²) in [4.78, 5) is 11.4. The molecule has 7 heteroatoms. The normalized spacial score (nSPS) is 28.2. The minimum atomic E-state index is -1.93. The lowest BCUT2D eigenvalue weighted by molar-refractivity contribution is -0.272. The Morgan fingerprint density at radius 3 is 1.86 bits per heavy atom. The summed E-state index contributed by atoms with van der Waals surface area (Å²) in [5.74, 6) is 0.630. The van der Waals surface area contributed by atoms with Gasteiger partial charge in [0.2, 0.25) is 0 Å². The van der Waals surface area contributed by atoms with Crippen LogP contribution in [0.25, 0.3) is 0 Å². The third kappa shape index (κ3) is 9.44. The number of benzene rings is 2. The van der Waals surface area contributed by atoms with E-state index in [1.807, 2.05) is 48.5 Å². The van der Waals surface area contributed by atoms with Crippen molar-refractivity contribution < 1.29 is 28.2 Å². The average Bonchev–Trinajstić information content (AvgIpc) is 2.99. The van der Waals surface area contributed by atoms with Gasteiger partial charge in [-0.2, -0.15) is 0 Å². The molecule has 4 rings (SSSR count). The number of carbonyl (C=O) groups is 1. The lowest BCUT2D eigenvalue weighted by Gasteiger charge is -2.42. The van der Waals surface area contributed by atoms with Gasteiger partial charge >= 0.3 is 0 Å². The van der Waals surface area contributed by atoms with E-state index in [9.17, 15) is 4.79 Å². The molecule has 0 spiro atoms. The van der Waals surface area contributed by atoms with E-state index in [4.69, 9.17) is 23.4 Å². The molecule has 2 heterocycles. The van der Waals surface area contributed by atoms with E-state index in [0.717, 1.165) is 23.8 Å². The van der Waals surface area contributed by atoms with Crippen LogP contribution in [0.5, 0.6) is 0 Å². The van der Waals surface area contributed by atoms with Crippen molar-refractivity contribution in [2.75, 3.05) is 0 Å². The number of hydrogen-bond acceptors (Lipinski definition) is 6. The van der Waals surface area contributed by atoms with E-state index in [-0.39, 0.29) is 41.5 Å². The molecular formula is C37H54O6Si. The van der Waals surface area contributed by atoms with Crippen LogP contribution in [-0.4, -0.2) is 45.1 Å². The molecule has 2 aromatic rings. The second kappa shape index (κ2) is 15.4. The summed E-state index contributed by atoms with van der Waals surface area (Å²) < 4.78 is 32.7. The number of hydrogen-bond donors (Lipinski definition) is 0. The first-order chi connectivity index (χ1) is 20.9. The number of aldehydes is 1. The summed E-state index contributed by atoms with van der Waals surface area (Å²) in [5, 5.41) is 0.153. The number of carbonyl (C=O) groups excluding carboxylic acids is 1. The molecule has 2 aliphatic rings. The van der Waals surface area contributed by atoms with Crippen molar-refractivity contribution in [1.82, 2.24) is 0 Å². The highest BCUT2D eigenvalue weighted by Gasteiger charge is 2.41. The molecule has 44 heavy (non-hydrogen) atoms. The van der Waals surface area contributed by atoms with Crippen LogP contribution in [0.2, 0.25) is 18.1 Å². The quantitative estimate of drug-likeness (QED) is 0.134. The summed E-state index contributed by atoms with van der Waals surface area (Å²) in [5.41, 5.74) is 1.96. The third-order valence-electron chi connectivity index (χ3n) is 9.34. The van der Waals surface area contributed by atoms with Gasteiger partial charge in [0.25, 0.3) is 0 Å². The highest BCUT2D eigenvalue weighted by Crippen LogP contribution is 2.40. The van der Waals surface area contributed by atoms with Crippen LogP contribution in [0.1, 0.15) is 90.9 Å². The summed E-state index contributed by atoms with van der Waals surface area (Å²) in [6.07, 6.45) is 6.51. The fraction of sp³-hybridized carbons (Fsp3) is 0.595. The summed E-state index contributed by atoms with van der Waals surface area (Å²) >= 11 is 0. The SMILES string of the molecule is CC(C)[C@H](O[Si](C)(C)C(C)(C)C)[C@@H](C)C=C[C@H]1C[C@@H](C[C@@H]2C[C@H](CC=O)O[C@H](c3ccccc3)O2)O[C@@H](c2ccccc2)O1. The first-order valence-electron chi connectivity index (χ1n) is 16.4. The van der Waals surface area contributed by atoms with Crippen molar-refractivity contribution in [3.8, 4) is 0 Å². The number of rotatable bonds is 12. The monoisotopic (exact) mass is 622 g/mol. The van der Waals surface area contributed by atoms with Gasteiger partial charge in [-0.3, -0.25) is 0 Å². The van der Waals surface area contributed by atoms with Gasteiger partial charge in [0, 0.05) is 36.8 Å². The van der Waals surface area contributed by atoms with Gasteiger partial charge in [0.05, 0.1) is 30.5 Å². The Hall–Kier alpha value is -2.13. The zero-order valence-electron chi connectivity index (χ0n) is 28.0. The van der Waals surface area contributed by atoms with Crippen molar-refractivity contribution in [2.45, 2.75) is 128 Å². The molecule has 2 fully saturated rings. The molecule has 2 aliphatic heterocycles. The zero-order valence-corrected chi connectivity index (χ0v) is 29.0. The minimum absolute atomic E-state index is 0.0836. The molecule has 0 aliphatic carbocycles. The summed E-state index contributed by atoms with van der Waals surface area (Å²) in [6, 6.07) is 20.1. The Labute approximate surface area is 266 Å². The molecule has 0 unspecified atom stereocenters. The lowest BCUT2D eigenvalue weighted by atomic mass is 9.93. The molecule has 2 aromatic carbocycles. The van der Waals surface area contributed by atoms with E-state index in [1.54, 1.807) is 0 Å². The predicted octanol–water partition coefficient (Wildman–Crippen LogP) is 8.95. The smallest absolute Gasteiger partial charge is 0.192 e. The Balaban J connectivity index is 1.50. The van der Waals surface area contributed by atoms with Crippen molar-refractivity contribution in [3.63, 3.8) is 0 Å². The zero-order chi connectivity index (χ0) is 31.9. The second-order valence-electron chi connectivity index (χ2n) is 14.4. The summed E-state index contributed by atoms with van der Waals surface area (Å²) in [7, 11) is -1.93. The largest absolute Gasteiger partial charge is 0.413 e. The molecule has 0 amide bonds. The molecule has 6 nitrogen and oxygen atoms in total.